The molecule has 0 heterocycles. The standard InChI is InChI=1S/C20H21N3O4/c1-20(2,3)27-19(25)16-11-9-15(10-12-16)18(24)23-22-17(13-21-26)14-7-5-4-6-8-14/h4-13,26H,1-3H3,(H,23,24)/b21-13+,22-17+. The number of nitrogens with zero attached hydrogens (tertiary/aromatic N) is 2. The second-order valence-electron chi connectivity index (χ2n) is 6.63. The van der Waals surface area contributed by atoms with Gasteiger partial charge in [-0.2, -0.15) is 5.10 Å². The van der Waals surface area contributed by atoms with Gasteiger partial charge in [0.15, 0.2) is 0 Å². The Hall–Kier alpha value is -3.48. The maximum Gasteiger partial charge on any atom is 0.338 e. The minimum atomic E-state index is -0.593. The average molecular weight is 367 g/mol. The number of hydrogen-bond donors (Lipinski definition) is 2. The number of esters is 1. The summed E-state index contributed by atoms with van der Waals surface area (Å²) in [6, 6.07) is 15.0. The van der Waals surface area contributed by atoms with Gasteiger partial charge in [0, 0.05) is 11.1 Å². The number of ether oxygens (including phenoxy) is 1. The van der Waals surface area contributed by atoms with Gasteiger partial charge in [0.2, 0.25) is 0 Å². The van der Waals surface area contributed by atoms with E-state index in [4.69, 9.17) is 9.94 Å². The van der Waals surface area contributed by atoms with Crippen molar-refractivity contribution in [2.45, 2.75) is 26.4 Å². The second-order valence-corrected chi connectivity index (χ2v) is 6.63. The van der Waals surface area contributed by atoms with Gasteiger partial charge in [0.25, 0.3) is 5.91 Å². The molecule has 0 saturated heterocycles. The molecule has 140 valence electrons. The van der Waals surface area contributed by atoms with Crippen LogP contribution >= 0.6 is 0 Å². The first kappa shape index (κ1) is 19.8. The Balaban J connectivity index is 2.10. The van der Waals surface area contributed by atoms with Crippen molar-refractivity contribution in [2.75, 3.05) is 0 Å². The van der Waals surface area contributed by atoms with Gasteiger partial charge in [-0.15, -0.1) is 0 Å². The van der Waals surface area contributed by atoms with Crippen LogP contribution < -0.4 is 5.43 Å². The van der Waals surface area contributed by atoms with Crippen molar-refractivity contribution >= 4 is 23.8 Å². The van der Waals surface area contributed by atoms with Crippen LogP contribution in [0.1, 0.15) is 47.1 Å². The predicted molar refractivity (Wildman–Crippen MR) is 102 cm³/mol. The molecule has 0 atom stereocenters. The van der Waals surface area contributed by atoms with Gasteiger partial charge in [-0.3, -0.25) is 4.79 Å². The zero-order chi connectivity index (χ0) is 19.9. The topological polar surface area (TPSA) is 100 Å². The van der Waals surface area contributed by atoms with Crippen molar-refractivity contribution in [3.8, 4) is 0 Å². The zero-order valence-electron chi connectivity index (χ0n) is 15.3. The van der Waals surface area contributed by atoms with Gasteiger partial charge >= 0.3 is 5.97 Å². The highest BCUT2D eigenvalue weighted by atomic mass is 16.6. The largest absolute Gasteiger partial charge is 0.456 e. The van der Waals surface area contributed by atoms with Crippen LogP contribution in [0.25, 0.3) is 0 Å². The van der Waals surface area contributed by atoms with Gasteiger partial charge in [-0.05, 0) is 45.0 Å². The third-order valence-electron chi connectivity index (χ3n) is 3.31. The molecule has 2 rings (SSSR count). The molecule has 0 bridgehead atoms. The highest BCUT2D eigenvalue weighted by molar-refractivity contribution is 6.38. The molecule has 0 radical (unpaired) electrons. The number of hydrogen-bond acceptors (Lipinski definition) is 6. The summed E-state index contributed by atoms with van der Waals surface area (Å²) in [4.78, 5) is 24.3. The van der Waals surface area contributed by atoms with Crippen LogP contribution in [0, 0.1) is 0 Å². The predicted octanol–water partition coefficient (Wildman–Crippen LogP) is 3.24. The van der Waals surface area contributed by atoms with Crippen molar-refractivity contribution in [1.82, 2.24) is 5.43 Å². The van der Waals surface area contributed by atoms with E-state index < -0.39 is 17.5 Å². The summed E-state index contributed by atoms with van der Waals surface area (Å²) in [5.74, 6) is -0.927. The van der Waals surface area contributed by atoms with E-state index in [-0.39, 0.29) is 5.71 Å². The van der Waals surface area contributed by atoms with Crippen LogP contribution in [0.15, 0.2) is 64.9 Å². The van der Waals surface area contributed by atoms with E-state index in [1.165, 1.54) is 24.3 Å². The maximum atomic E-state index is 12.3. The molecule has 0 fully saturated rings. The Morgan fingerprint density at radius 2 is 1.56 bits per heavy atom. The van der Waals surface area contributed by atoms with Gasteiger partial charge in [0.1, 0.15) is 11.3 Å². The molecular formula is C20H21N3O4. The SMILES string of the molecule is CC(C)(C)OC(=O)c1ccc(C(=O)N/N=C(\C=N\O)c2ccccc2)cc1. The Bertz CT molecular complexity index is 851. The number of amides is 1. The third kappa shape index (κ3) is 6.07. The zero-order valence-corrected chi connectivity index (χ0v) is 15.3. The van der Waals surface area contributed by atoms with Crippen LogP contribution in [0.2, 0.25) is 0 Å². The fraction of sp³-hybridized carbons (Fsp3) is 0.200. The molecule has 0 aliphatic carbocycles. The maximum absolute atomic E-state index is 12.3. The highest BCUT2D eigenvalue weighted by Crippen LogP contribution is 2.13. The second kappa shape index (κ2) is 8.75. The van der Waals surface area contributed by atoms with Gasteiger partial charge < -0.3 is 9.94 Å². The Kier molecular flexibility index (Phi) is 6.43. The molecule has 0 spiro atoms. The van der Waals surface area contributed by atoms with E-state index in [0.717, 1.165) is 6.21 Å². The fourth-order valence-electron chi connectivity index (χ4n) is 2.10. The molecule has 0 aliphatic heterocycles. The molecule has 0 unspecified atom stereocenters. The lowest BCUT2D eigenvalue weighted by molar-refractivity contribution is 0.00693. The Morgan fingerprint density at radius 3 is 2.11 bits per heavy atom. The number of carbonyl (C=O) groups excluding carboxylic acids is 2. The molecule has 0 saturated carbocycles. The van der Waals surface area contributed by atoms with Crippen LogP contribution in [0.4, 0.5) is 0 Å². The molecule has 2 aromatic rings. The van der Waals surface area contributed by atoms with E-state index in [2.05, 4.69) is 15.7 Å². The lowest BCUT2D eigenvalue weighted by Gasteiger charge is -2.19. The molecule has 0 aromatic heterocycles. The summed E-state index contributed by atoms with van der Waals surface area (Å²) in [6.45, 7) is 5.35. The Morgan fingerprint density at radius 1 is 0.963 bits per heavy atom. The Labute approximate surface area is 157 Å². The van der Waals surface area contributed by atoms with E-state index in [1.807, 2.05) is 6.07 Å². The molecule has 27 heavy (non-hydrogen) atoms. The van der Waals surface area contributed by atoms with Crippen molar-refractivity contribution in [1.29, 1.82) is 0 Å². The number of benzene rings is 2. The van der Waals surface area contributed by atoms with E-state index >= 15 is 0 Å². The van der Waals surface area contributed by atoms with Crippen molar-refractivity contribution in [3.63, 3.8) is 0 Å². The van der Waals surface area contributed by atoms with Crippen molar-refractivity contribution in [2.24, 2.45) is 10.3 Å². The van der Waals surface area contributed by atoms with E-state index in [0.29, 0.717) is 16.7 Å². The average Bonchev–Trinajstić information content (AvgIpc) is 2.64. The number of nitrogens with one attached hydrogen (secondary N) is 1. The molecule has 7 heteroatoms. The van der Waals surface area contributed by atoms with Crippen molar-refractivity contribution in [3.05, 3.63) is 71.3 Å². The summed E-state index contributed by atoms with van der Waals surface area (Å²) in [7, 11) is 0. The van der Waals surface area contributed by atoms with Crippen LogP contribution in [-0.2, 0) is 4.74 Å². The normalized spacial score (nSPS) is 12.0. The molecule has 1 amide bonds. The molecule has 2 N–H and O–H groups in total. The summed E-state index contributed by atoms with van der Waals surface area (Å²) in [5, 5.41) is 15.7. The van der Waals surface area contributed by atoms with E-state index in [1.54, 1.807) is 45.0 Å². The van der Waals surface area contributed by atoms with Crippen molar-refractivity contribution < 1.29 is 19.5 Å². The number of rotatable bonds is 5. The number of oxime groups is 1. The minimum absolute atomic E-state index is 0.289. The first-order valence-electron chi connectivity index (χ1n) is 8.24. The molecule has 2 aromatic carbocycles. The monoisotopic (exact) mass is 367 g/mol. The number of hydrazone groups is 1. The smallest absolute Gasteiger partial charge is 0.338 e. The van der Waals surface area contributed by atoms with Gasteiger partial charge in [-0.25, -0.2) is 10.2 Å². The molecule has 0 aliphatic rings. The highest BCUT2D eigenvalue weighted by Gasteiger charge is 2.18. The summed E-state index contributed by atoms with van der Waals surface area (Å²) in [5.41, 5.74) is 3.44. The summed E-state index contributed by atoms with van der Waals surface area (Å²) >= 11 is 0. The first-order valence-corrected chi connectivity index (χ1v) is 8.24. The lowest BCUT2D eigenvalue weighted by Crippen LogP contribution is -2.24. The van der Waals surface area contributed by atoms with E-state index in [9.17, 15) is 9.59 Å². The molecule has 7 nitrogen and oxygen atoms in total. The van der Waals surface area contributed by atoms with Crippen LogP contribution in [0.5, 0.6) is 0 Å². The minimum Gasteiger partial charge on any atom is -0.456 e. The molecular weight excluding hydrogens is 346 g/mol. The third-order valence-corrected chi connectivity index (χ3v) is 3.31. The van der Waals surface area contributed by atoms with Gasteiger partial charge in [-0.1, -0.05) is 35.5 Å². The number of carbonyl (C=O) groups is 2. The van der Waals surface area contributed by atoms with Crippen LogP contribution in [-0.4, -0.2) is 34.6 Å². The fourth-order valence-corrected chi connectivity index (χ4v) is 2.10. The quantitative estimate of drug-likeness (QED) is 0.367. The summed E-state index contributed by atoms with van der Waals surface area (Å²) in [6.07, 6.45) is 1.13. The summed E-state index contributed by atoms with van der Waals surface area (Å²) < 4.78 is 5.28. The lowest BCUT2D eigenvalue weighted by atomic mass is 10.1. The van der Waals surface area contributed by atoms with Crippen LogP contribution in [0.3, 0.4) is 0 Å². The first-order chi connectivity index (χ1) is 12.8. The van der Waals surface area contributed by atoms with Gasteiger partial charge in [0.05, 0.1) is 11.8 Å².